The Labute approximate surface area is 405 Å². The maximum atomic E-state index is 6.68. The van der Waals surface area contributed by atoms with Gasteiger partial charge in [0.1, 0.15) is 11.2 Å². The van der Waals surface area contributed by atoms with E-state index in [2.05, 4.69) is 238 Å². The highest BCUT2D eigenvalue weighted by Gasteiger charge is 2.63. The average molecular weight is 890 g/mol. The second-order valence-corrected chi connectivity index (χ2v) is 21.6. The summed E-state index contributed by atoms with van der Waals surface area (Å²) in [6, 6.07) is 80.2. The third-order valence-corrected chi connectivity index (χ3v) is 17.1. The molecule has 0 N–H and O–H groups in total. The Bertz CT molecular complexity index is 3600. The molecule has 2 nitrogen and oxygen atoms in total. The number of benzene rings is 9. The van der Waals surface area contributed by atoms with E-state index in [9.17, 15) is 0 Å². The zero-order valence-corrected chi connectivity index (χ0v) is 39.6. The van der Waals surface area contributed by atoms with E-state index in [1.54, 1.807) is 5.56 Å². The Morgan fingerprint density at radius 2 is 0.986 bits per heavy atom. The van der Waals surface area contributed by atoms with E-state index in [-0.39, 0.29) is 10.8 Å². The van der Waals surface area contributed by atoms with Crippen LogP contribution in [0.4, 0.5) is 17.1 Å². The van der Waals surface area contributed by atoms with E-state index in [0.717, 1.165) is 44.4 Å². The van der Waals surface area contributed by atoms with E-state index in [0.29, 0.717) is 17.8 Å². The first-order valence-corrected chi connectivity index (χ1v) is 25.2. The van der Waals surface area contributed by atoms with Crippen LogP contribution < -0.4 is 4.90 Å². The second-order valence-electron chi connectivity index (χ2n) is 21.6. The molecule has 2 saturated carbocycles. The molecule has 9 aromatic carbocycles. The van der Waals surface area contributed by atoms with Crippen LogP contribution >= 0.6 is 0 Å². The Balaban J connectivity index is 1.07. The number of fused-ring (bicyclic) bond motifs is 12. The number of anilines is 3. The third kappa shape index (κ3) is 5.72. The molecule has 2 fully saturated rings. The zero-order valence-electron chi connectivity index (χ0n) is 39.6. The molecule has 69 heavy (non-hydrogen) atoms. The summed E-state index contributed by atoms with van der Waals surface area (Å²) in [4.78, 5) is 2.56. The predicted octanol–water partition coefficient (Wildman–Crippen LogP) is 17.8. The van der Waals surface area contributed by atoms with Crippen LogP contribution in [0.25, 0.3) is 55.3 Å². The van der Waals surface area contributed by atoms with Gasteiger partial charge in [-0.25, -0.2) is 0 Å². The lowest BCUT2D eigenvalue weighted by molar-refractivity contribution is -0.0137. The van der Waals surface area contributed by atoms with Crippen molar-refractivity contribution in [2.75, 3.05) is 4.90 Å². The standard InChI is InChI=1S/C67H55NO/c1-43-37-46-41-65(2,3)42-47(38-43)66(46)58-31-13-14-32-59(58)67(56-29-11-7-24-52(56)53-25-8-12-30-57(53)67)60-36-35-49(40-61(60)66)68(62-33-15-9-23-50(62)44-19-5-4-6-20-44)48-22-17-21-45(39-48)51-27-18-28-55-54-26-10-16-34-63(54)69-64(51)55/h4-36,39-40,43,46-47H,37-38,41-42H2,1-3H3/t43-,46+,47-,66?. The van der Waals surface area contributed by atoms with Crippen molar-refractivity contribution in [3.05, 3.63) is 246 Å². The van der Waals surface area contributed by atoms with Crippen molar-refractivity contribution in [1.82, 2.24) is 0 Å². The number of para-hydroxylation sites is 3. The molecule has 4 aliphatic carbocycles. The summed E-state index contributed by atoms with van der Waals surface area (Å²) in [6.07, 6.45) is 4.88. The molecule has 2 heteroatoms. The topological polar surface area (TPSA) is 16.4 Å². The first kappa shape index (κ1) is 40.6. The number of furan rings is 1. The minimum absolute atomic E-state index is 0.162. The molecular weight excluding hydrogens is 835 g/mol. The lowest BCUT2D eigenvalue weighted by Crippen LogP contribution is -2.58. The fourth-order valence-electron chi connectivity index (χ4n) is 14.9. The lowest BCUT2D eigenvalue weighted by Gasteiger charge is -2.63. The quantitative estimate of drug-likeness (QED) is 0.171. The summed E-state index contributed by atoms with van der Waals surface area (Å²) >= 11 is 0. The molecule has 1 aromatic heterocycles. The van der Waals surface area contributed by atoms with Crippen molar-refractivity contribution in [2.24, 2.45) is 23.2 Å². The Morgan fingerprint density at radius 3 is 1.74 bits per heavy atom. The number of nitrogens with zero attached hydrogens (tertiary/aromatic N) is 1. The summed E-state index contributed by atoms with van der Waals surface area (Å²) in [5.74, 6) is 1.66. The molecule has 14 rings (SSSR count). The van der Waals surface area contributed by atoms with E-state index >= 15 is 0 Å². The highest BCUT2D eigenvalue weighted by atomic mass is 16.3. The molecule has 0 radical (unpaired) electrons. The smallest absolute Gasteiger partial charge is 0.143 e. The molecule has 0 aliphatic heterocycles. The van der Waals surface area contributed by atoms with Crippen LogP contribution in [-0.2, 0) is 10.8 Å². The molecule has 334 valence electrons. The minimum atomic E-state index is -0.465. The van der Waals surface area contributed by atoms with E-state index < -0.39 is 5.41 Å². The van der Waals surface area contributed by atoms with Gasteiger partial charge in [0, 0.05) is 38.7 Å². The van der Waals surface area contributed by atoms with Crippen LogP contribution in [-0.4, -0.2) is 0 Å². The van der Waals surface area contributed by atoms with Gasteiger partial charge in [-0.3, -0.25) is 0 Å². The molecule has 1 unspecified atom stereocenters. The average Bonchev–Trinajstić information content (AvgIpc) is 3.91. The van der Waals surface area contributed by atoms with Crippen molar-refractivity contribution in [3.63, 3.8) is 0 Å². The molecule has 2 spiro atoms. The fourth-order valence-corrected chi connectivity index (χ4v) is 14.9. The number of rotatable bonds is 5. The van der Waals surface area contributed by atoms with Gasteiger partial charge in [-0.05, 0) is 141 Å². The molecule has 4 aliphatic rings. The highest BCUT2D eigenvalue weighted by Crippen LogP contribution is 2.71. The molecular formula is C67H55NO. The normalized spacial score (nSPS) is 21.2. The number of hydrogen-bond acceptors (Lipinski definition) is 2. The first-order chi connectivity index (χ1) is 33.8. The Kier molecular flexibility index (Phi) is 8.86. The molecule has 0 saturated heterocycles. The largest absolute Gasteiger partial charge is 0.455 e. The van der Waals surface area contributed by atoms with E-state index in [1.165, 1.54) is 81.4 Å². The molecule has 10 aromatic rings. The lowest BCUT2D eigenvalue weighted by atomic mass is 9.40. The Morgan fingerprint density at radius 1 is 0.435 bits per heavy atom. The maximum Gasteiger partial charge on any atom is 0.143 e. The monoisotopic (exact) mass is 889 g/mol. The van der Waals surface area contributed by atoms with Crippen LogP contribution in [0.5, 0.6) is 0 Å². The molecule has 0 amide bonds. The van der Waals surface area contributed by atoms with Gasteiger partial charge in [-0.1, -0.05) is 197 Å². The van der Waals surface area contributed by atoms with Crippen molar-refractivity contribution >= 4 is 39.0 Å². The van der Waals surface area contributed by atoms with Crippen LogP contribution in [0.2, 0.25) is 0 Å². The van der Waals surface area contributed by atoms with Gasteiger partial charge >= 0.3 is 0 Å². The SMILES string of the molecule is C[C@H]1C[C@@H]2CC(C)(C)C[C@H](C1)C21c2ccccc2C2(c3ccccc3-c3ccccc32)c2ccc(N(c3cccc(-c4cccc5c4oc4ccccc45)c3)c3ccccc3-c3ccccc3)cc21. The Hall–Kier alpha value is -7.42. The summed E-state index contributed by atoms with van der Waals surface area (Å²) in [7, 11) is 0. The van der Waals surface area contributed by atoms with Gasteiger partial charge < -0.3 is 9.32 Å². The summed E-state index contributed by atoms with van der Waals surface area (Å²) in [6.45, 7) is 7.63. The number of hydrogen-bond donors (Lipinski definition) is 0. The summed E-state index contributed by atoms with van der Waals surface area (Å²) < 4.78 is 6.68. The van der Waals surface area contributed by atoms with Gasteiger partial charge in [0.15, 0.2) is 0 Å². The van der Waals surface area contributed by atoms with Crippen LogP contribution in [0.15, 0.2) is 217 Å². The van der Waals surface area contributed by atoms with Gasteiger partial charge in [-0.2, -0.15) is 0 Å². The molecule has 2 bridgehead atoms. The van der Waals surface area contributed by atoms with Gasteiger partial charge in [0.05, 0.1) is 11.1 Å². The van der Waals surface area contributed by atoms with Crippen molar-refractivity contribution in [3.8, 4) is 33.4 Å². The predicted molar refractivity (Wildman–Crippen MR) is 286 cm³/mol. The molecule has 1 heterocycles. The molecule has 4 atom stereocenters. The van der Waals surface area contributed by atoms with Gasteiger partial charge in [0.25, 0.3) is 0 Å². The van der Waals surface area contributed by atoms with E-state index in [1.807, 2.05) is 0 Å². The zero-order chi connectivity index (χ0) is 46.1. The fraction of sp³-hybridized carbons (Fsp3) is 0.194. The maximum absolute atomic E-state index is 6.68. The summed E-state index contributed by atoms with van der Waals surface area (Å²) in [5, 5.41) is 2.28. The summed E-state index contributed by atoms with van der Waals surface area (Å²) in [5.41, 5.74) is 21.0. The first-order valence-electron chi connectivity index (χ1n) is 25.2. The second kappa shape index (κ2) is 15.0. The van der Waals surface area contributed by atoms with Crippen molar-refractivity contribution in [2.45, 2.75) is 57.3 Å². The van der Waals surface area contributed by atoms with Crippen LogP contribution in [0.3, 0.4) is 0 Å². The van der Waals surface area contributed by atoms with Crippen molar-refractivity contribution in [1.29, 1.82) is 0 Å². The highest BCUT2D eigenvalue weighted by molar-refractivity contribution is 6.09. The minimum Gasteiger partial charge on any atom is -0.455 e. The van der Waals surface area contributed by atoms with Crippen LogP contribution in [0, 0.1) is 23.2 Å². The third-order valence-electron chi connectivity index (χ3n) is 17.1. The van der Waals surface area contributed by atoms with E-state index in [4.69, 9.17) is 4.42 Å². The van der Waals surface area contributed by atoms with Crippen molar-refractivity contribution < 1.29 is 4.42 Å². The van der Waals surface area contributed by atoms with Gasteiger partial charge in [-0.15, -0.1) is 0 Å². The van der Waals surface area contributed by atoms with Gasteiger partial charge in [0.2, 0.25) is 0 Å². The van der Waals surface area contributed by atoms with Crippen LogP contribution in [0.1, 0.15) is 79.8 Å².